The molecule has 0 unspecified atom stereocenters. The van der Waals surface area contributed by atoms with E-state index < -0.39 is 17.2 Å². The first-order valence-corrected chi connectivity index (χ1v) is 11.3. The number of fused-ring (bicyclic) bond motifs is 1. The summed E-state index contributed by atoms with van der Waals surface area (Å²) in [7, 11) is 0. The lowest BCUT2D eigenvalue weighted by Gasteiger charge is -2.14. The van der Waals surface area contributed by atoms with Gasteiger partial charge in [0.25, 0.3) is 5.56 Å². The first kappa shape index (κ1) is 23.7. The Morgan fingerprint density at radius 1 is 0.943 bits per heavy atom. The average molecular weight is 475 g/mol. The van der Waals surface area contributed by atoms with Crippen LogP contribution in [-0.4, -0.2) is 27.0 Å². The van der Waals surface area contributed by atoms with E-state index in [2.05, 4.69) is 10.6 Å². The van der Waals surface area contributed by atoms with Gasteiger partial charge in [0.15, 0.2) is 0 Å². The standard InChI is InChI=1S/C26H26N4O5/c1-17(2)28-23(31)14-18-9-11-19(12-10-18)30-25(33)21-7-3-4-8-22(21)29(26(30)34)16-24(32)27-15-20-6-5-13-35-20/h3-13,17H,14-16H2,1-2H3,(H,27,32)(H,28,31). The molecule has 2 heterocycles. The Labute approximate surface area is 201 Å². The third-order valence-electron chi connectivity index (χ3n) is 5.40. The molecule has 4 aromatic rings. The molecule has 0 bridgehead atoms. The SMILES string of the molecule is CC(C)NC(=O)Cc1ccc(-n2c(=O)c3ccccc3n(CC(=O)NCc3ccco3)c2=O)cc1. The van der Waals surface area contributed by atoms with Crippen LogP contribution in [0.5, 0.6) is 0 Å². The van der Waals surface area contributed by atoms with E-state index in [1.807, 2.05) is 13.8 Å². The lowest BCUT2D eigenvalue weighted by atomic mass is 10.1. The van der Waals surface area contributed by atoms with Crippen LogP contribution < -0.4 is 21.9 Å². The number of furan rings is 1. The summed E-state index contributed by atoms with van der Waals surface area (Å²) in [5, 5.41) is 5.86. The van der Waals surface area contributed by atoms with Crippen LogP contribution in [0.4, 0.5) is 0 Å². The predicted octanol–water partition coefficient (Wildman–Crippen LogP) is 2.13. The zero-order valence-electron chi connectivity index (χ0n) is 19.5. The minimum atomic E-state index is -0.632. The Balaban J connectivity index is 1.67. The van der Waals surface area contributed by atoms with E-state index in [1.54, 1.807) is 60.7 Å². The lowest BCUT2D eigenvalue weighted by Crippen LogP contribution is -2.41. The highest BCUT2D eigenvalue weighted by molar-refractivity contribution is 5.82. The second kappa shape index (κ2) is 10.3. The van der Waals surface area contributed by atoms with Crippen LogP contribution >= 0.6 is 0 Å². The molecule has 180 valence electrons. The van der Waals surface area contributed by atoms with E-state index in [0.29, 0.717) is 22.4 Å². The van der Waals surface area contributed by atoms with Gasteiger partial charge >= 0.3 is 5.69 Å². The van der Waals surface area contributed by atoms with E-state index >= 15 is 0 Å². The van der Waals surface area contributed by atoms with E-state index in [4.69, 9.17) is 4.42 Å². The molecule has 9 heteroatoms. The fourth-order valence-corrected chi connectivity index (χ4v) is 3.82. The third kappa shape index (κ3) is 5.40. The molecular weight excluding hydrogens is 448 g/mol. The number of nitrogens with zero attached hydrogens (tertiary/aromatic N) is 2. The van der Waals surface area contributed by atoms with Gasteiger partial charge in [-0.05, 0) is 55.8 Å². The Bertz CT molecular complexity index is 1460. The van der Waals surface area contributed by atoms with Crippen molar-refractivity contribution in [2.75, 3.05) is 0 Å². The van der Waals surface area contributed by atoms with Gasteiger partial charge in [-0.2, -0.15) is 0 Å². The van der Waals surface area contributed by atoms with Crippen LogP contribution in [0.2, 0.25) is 0 Å². The van der Waals surface area contributed by atoms with Gasteiger partial charge < -0.3 is 15.1 Å². The van der Waals surface area contributed by atoms with Crippen molar-refractivity contribution in [3.8, 4) is 5.69 Å². The van der Waals surface area contributed by atoms with Crippen LogP contribution in [0.1, 0.15) is 25.2 Å². The number of aromatic nitrogens is 2. The van der Waals surface area contributed by atoms with E-state index in [1.165, 1.54) is 10.8 Å². The molecule has 2 N–H and O–H groups in total. The van der Waals surface area contributed by atoms with Crippen LogP contribution in [0.25, 0.3) is 16.6 Å². The summed E-state index contributed by atoms with van der Waals surface area (Å²) in [6.07, 6.45) is 1.70. The van der Waals surface area contributed by atoms with Gasteiger partial charge in [0.05, 0.1) is 35.8 Å². The van der Waals surface area contributed by atoms with Crippen molar-refractivity contribution in [2.24, 2.45) is 0 Å². The van der Waals surface area contributed by atoms with Crippen molar-refractivity contribution in [3.63, 3.8) is 0 Å². The van der Waals surface area contributed by atoms with E-state index in [-0.39, 0.29) is 31.5 Å². The molecule has 9 nitrogen and oxygen atoms in total. The number of benzene rings is 2. The van der Waals surface area contributed by atoms with Crippen molar-refractivity contribution >= 4 is 22.7 Å². The Hall–Kier alpha value is -4.40. The molecule has 0 fully saturated rings. The maximum absolute atomic E-state index is 13.4. The van der Waals surface area contributed by atoms with Crippen molar-refractivity contribution in [2.45, 2.75) is 39.4 Å². The van der Waals surface area contributed by atoms with Crippen LogP contribution in [0.15, 0.2) is 80.9 Å². The molecule has 0 atom stereocenters. The van der Waals surface area contributed by atoms with Crippen molar-refractivity contribution in [3.05, 3.63) is 99.1 Å². The maximum atomic E-state index is 13.4. The van der Waals surface area contributed by atoms with Gasteiger partial charge in [0.2, 0.25) is 11.8 Å². The maximum Gasteiger partial charge on any atom is 0.336 e. The highest BCUT2D eigenvalue weighted by Crippen LogP contribution is 2.12. The van der Waals surface area contributed by atoms with Crippen molar-refractivity contribution in [1.82, 2.24) is 19.8 Å². The summed E-state index contributed by atoms with van der Waals surface area (Å²) < 4.78 is 7.54. The van der Waals surface area contributed by atoms with Gasteiger partial charge in [-0.25, -0.2) is 9.36 Å². The fourth-order valence-electron chi connectivity index (χ4n) is 3.82. The number of hydrogen-bond acceptors (Lipinski definition) is 5. The quantitative estimate of drug-likeness (QED) is 0.406. The molecular formula is C26H26N4O5. The summed E-state index contributed by atoms with van der Waals surface area (Å²) >= 11 is 0. The second-order valence-corrected chi connectivity index (χ2v) is 8.45. The van der Waals surface area contributed by atoms with Crippen LogP contribution in [-0.2, 0) is 29.1 Å². The summed E-state index contributed by atoms with van der Waals surface area (Å²) in [6, 6.07) is 16.8. The molecule has 35 heavy (non-hydrogen) atoms. The number of carbonyl (C=O) groups is 2. The second-order valence-electron chi connectivity index (χ2n) is 8.45. The lowest BCUT2D eigenvalue weighted by molar-refractivity contribution is -0.122. The molecule has 0 aliphatic heterocycles. The summed E-state index contributed by atoms with van der Waals surface area (Å²) in [5.41, 5.74) is 0.353. The van der Waals surface area contributed by atoms with Gasteiger partial charge in [-0.1, -0.05) is 24.3 Å². The molecule has 4 rings (SSSR count). The van der Waals surface area contributed by atoms with Crippen molar-refractivity contribution < 1.29 is 14.0 Å². The number of para-hydroxylation sites is 1. The third-order valence-corrected chi connectivity index (χ3v) is 5.40. The number of carbonyl (C=O) groups excluding carboxylic acids is 2. The monoisotopic (exact) mass is 474 g/mol. The first-order valence-electron chi connectivity index (χ1n) is 11.3. The number of rotatable bonds is 8. The molecule has 0 saturated carbocycles. The Morgan fingerprint density at radius 2 is 1.69 bits per heavy atom. The zero-order valence-corrected chi connectivity index (χ0v) is 19.5. The van der Waals surface area contributed by atoms with Crippen LogP contribution in [0, 0.1) is 0 Å². The van der Waals surface area contributed by atoms with E-state index in [9.17, 15) is 19.2 Å². The van der Waals surface area contributed by atoms with Gasteiger partial charge in [-0.3, -0.25) is 19.0 Å². The minimum Gasteiger partial charge on any atom is -0.467 e. The smallest absolute Gasteiger partial charge is 0.336 e. The molecule has 2 amide bonds. The molecule has 0 saturated heterocycles. The Kier molecular flexibility index (Phi) is 6.96. The topological polar surface area (TPSA) is 115 Å². The largest absolute Gasteiger partial charge is 0.467 e. The first-order chi connectivity index (χ1) is 16.8. The number of hydrogen-bond donors (Lipinski definition) is 2. The molecule has 0 spiro atoms. The summed E-state index contributed by atoms with van der Waals surface area (Å²) in [5.74, 6) is 0.0756. The van der Waals surface area contributed by atoms with E-state index in [0.717, 1.165) is 10.1 Å². The van der Waals surface area contributed by atoms with Gasteiger partial charge in [0.1, 0.15) is 12.3 Å². The number of nitrogens with one attached hydrogen (secondary N) is 2. The Morgan fingerprint density at radius 3 is 2.37 bits per heavy atom. The highest BCUT2D eigenvalue weighted by Gasteiger charge is 2.17. The summed E-state index contributed by atoms with van der Waals surface area (Å²) in [6.45, 7) is 3.68. The summed E-state index contributed by atoms with van der Waals surface area (Å²) in [4.78, 5) is 51.3. The molecule has 2 aromatic carbocycles. The van der Waals surface area contributed by atoms with Crippen LogP contribution in [0.3, 0.4) is 0 Å². The molecule has 0 radical (unpaired) electrons. The molecule has 0 aliphatic carbocycles. The normalized spacial score (nSPS) is 11.1. The van der Waals surface area contributed by atoms with Gasteiger partial charge in [-0.15, -0.1) is 0 Å². The average Bonchev–Trinajstić information content (AvgIpc) is 3.35. The fraction of sp³-hybridized carbons (Fsp3) is 0.231. The van der Waals surface area contributed by atoms with Gasteiger partial charge in [0, 0.05) is 6.04 Å². The number of amides is 2. The highest BCUT2D eigenvalue weighted by atomic mass is 16.3. The minimum absolute atomic E-state index is 0.0349. The predicted molar refractivity (Wildman–Crippen MR) is 131 cm³/mol. The molecule has 2 aromatic heterocycles. The molecule has 0 aliphatic rings. The zero-order chi connectivity index (χ0) is 24.9. The van der Waals surface area contributed by atoms with Crippen molar-refractivity contribution in [1.29, 1.82) is 0 Å².